The number of benzene rings is 2. The molecule has 0 aliphatic heterocycles. The van der Waals surface area contributed by atoms with E-state index in [0.29, 0.717) is 6.42 Å². The van der Waals surface area contributed by atoms with Crippen molar-refractivity contribution in [3.8, 4) is 0 Å². The number of fused-ring (bicyclic) bond motifs is 1. The molecule has 0 aromatic heterocycles. The summed E-state index contributed by atoms with van der Waals surface area (Å²) in [6, 6.07) is 17.9. The summed E-state index contributed by atoms with van der Waals surface area (Å²) < 4.78 is 0. The van der Waals surface area contributed by atoms with E-state index in [-0.39, 0.29) is 5.78 Å². The summed E-state index contributed by atoms with van der Waals surface area (Å²) in [5.74, 6) is 0.192. The SMILES string of the molecule is C=C1c2ccccc2C(=O)C1(C)Cc1ccccc1. The van der Waals surface area contributed by atoms with Crippen LogP contribution in [0.3, 0.4) is 0 Å². The van der Waals surface area contributed by atoms with Gasteiger partial charge in [0.25, 0.3) is 0 Å². The highest BCUT2D eigenvalue weighted by Gasteiger charge is 2.44. The van der Waals surface area contributed by atoms with Crippen molar-refractivity contribution in [1.29, 1.82) is 0 Å². The molecule has 1 aliphatic rings. The normalized spacial score (nSPS) is 21.5. The highest BCUT2D eigenvalue weighted by molar-refractivity contribution is 6.16. The van der Waals surface area contributed by atoms with Crippen LogP contribution in [0.1, 0.15) is 28.4 Å². The first-order valence-corrected chi connectivity index (χ1v) is 6.50. The highest BCUT2D eigenvalue weighted by atomic mass is 16.1. The zero-order valence-corrected chi connectivity index (χ0v) is 11.0. The van der Waals surface area contributed by atoms with Crippen LogP contribution in [0.5, 0.6) is 0 Å². The van der Waals surface area contributed by atoms with Gasteiger partial charge >= 0.3 is 0 Å². The van der Waals surface area contributed by atoms with Crippen molar-refractivity contribution >= 4 is 11.4 Å². The molecule has 2 aromatic rings. The molecular formula is C18H16O. The van der Waals surface area contributed by atoms with E-state index in [1.165, 1.54) is 5.56 Å². The molecule has 1 aliphatic carbocycles. The first kappa shape index (κ1) is 11.9. The minimum absolute atomic E-state index is 0.192. The number of Topliss-reactive ketones (excluding diaryl/α,β-unsaturated/α-hetero) is 1. The van der Waals surface area contributed by atoms with E-state index in [1.807, 2.05) is 49.4 Å². The molecule has 0 fully saturated rings. The van der Waals surface area contributed by atoms with Gasteiger partial charge in [-0.05, 0) is 30.0 Å². The van der Waals surface area contributed by atoms with E-state index in [2.05, 4.69) is 18.7 Å². The fourth-order valence-corrected chi connectivity index (χ4v) is 2.87. The molecule has 1 unspecified atom stereocenters. The Morgan fingerprint density at radius 2 is 1.53 bits per heavy atom. The Bertz CT molecular complexity index is 617. The molecule has 0 heterocycles. The van der Waals surface area contributed by atoms with Gasteiger partial charge in [0.15, 0.2) is 5.78 Å². The van der Waals surface area contributed by atoms with Gasteiger partial charge in [0.2, 0.25) is 0 Å². The van der Waals surface area contributed by atoms with Crippen molar-refractivity contribution < 1.29 is 4.79 Å². The molecule has 0 amide bonds. The standard InChI is InChI=1S/C18H16O/c1-13-15-10-6-7-11-16(15)17(19)18(13,2)12-14-8-4-3-5-9-14/h3-11H,1,12H2,2H3. The van der Waals surface area contributed by atoms with Crippen LogP contribution in [0.2, 0.25) is 0 Å². The Balaban J connectivity index is 2.03. The zero-order chi connectivity index (χ0) is 13.5. The minimum atomic E-state index is -0.509. The molecule has 0 saturated heterocycles. The molecule has 2 aromatic carbocycles. The molecular weight excluding hydrogens is 232 g/mol. The third-order valence-electron chi connectivity index (χ3n) is 4.06. The van der Waals surface area contributed by atoms with Gasteiger partial charge in [-0.3, -0.25) is 4.79 Å². The number of hydrogen-bond donors (Lipinski definition) is 0. The lowest BCUT2D eigenvalue weighted by molar-refractivity contribution is 0.0891. The summed E-state index contributed by atoms with van der Waals surface area (Å²) in [5, 5.41) is 0. The largest absolute Gasteiger partial charge is 0.293 e. The summed E-state index contributed by atoms with van der Waals surface area (Å²) in [6.07, 6.45) is 0.709. The third-order valence-corrected chi connectivity index (χ3v) is 4.06. The molecule has 1 atom stereocenters. The van der Waals surface area contributed by atoms with E-state index >= 15 is 0 Å². The lowest BCUT2D eigenvalue weighted by Crippen LogP contribution is -2.25. The maximum atomic E-state index is 12.7. The van der Waals surface area contributed by atoms with Crippen molar-refractivity contribution in [2.24, 2.45) is 5.41 Å². The molecule has 94 valence electrons. The van der Waals surface area contributed by atoms with Crippen molar-refractivity contribution in [3.63, 3.8) is 0 Å². The molecule has 1 heteroatoms. The van der Waals surface area contributed by atoms with Crippen LogP contribution in [0.25, 0.3) is 5.57 Å². The second-order valence-corrected chi connectivity index (χ2v) is 5.35. The van der Waals surface area contributed by atoms with E-state index in [9.17, 15) is 4.79 Å². The third kappa shape index (κ3) is 1.74. The average Bonchev–Trinajstić information content (AvgIpc) is 2.63. The molecule has 0 saturated carbocycles. The van der Waals surface area contributed by atoms with Crippen LogP contribution < -0.4 is 0 Å². The number of carbonyl (C=O) groups is 1. The Labute approximate surface area is 113 Å². The lowest BCUT2D eigenvalue weighted by Gasteiger charge is -2.24. The van der Waals surface area contributed by atoms with Crippen LogP contribution in [-0.4, -0.2) is 5.78 Å². The fourth-order valence-electron chi connectivity index (χ4n) is 2.87. The Kier molecular flexibility index (Phi) is 2.63. The van der Waals surface area contributed by atoms with Gasteiger partial charge in [-0.2, -0.15) is 0 Å². The summed E-state index contributed by atoms with van der Waals surface area (Å²) >= 11 is 0. The summed E-state index contributed by atoms with van der Waals surface area (Å²) in [4.78, 5) is 12.7. The van der Waals surface area contributed by atoms with Gasteiger partial charge in [0.1, 0.15) is 0 Å². The summed E-state index contributed by atoms with van der Waals surface area (Å²) in [5.41, 5.74) is 3.42. The van der Waals surface area contributed by atoms with Gasteiger partial charge in [-0.25, -0.2) is 0 Å². The van der Waals surface area contributed by atoms with Crippen LogP contribution in [0.15, 0.2) is 61.2 Å². The van der Waals surface area contributed by atoms with Crippen molar-refractivity contribution in [3.05, 3.63) is 77.9 Å². The first-order chi connectivity index (χ1) is 9.13. The van der Waals surface area contributed by atoms with Crippen LogP contribution >= 0.6 is 0 Å². The second kappa shape index (κ2) is 4.20. The highest BCUT2D eigenvalue weighted by Crippen LogP contribution is 2.47. The van der Waals surface area contributed by atoms with Crippen molar-refractivity contribution in [2.45, 2.75) is 13.3 Å². The number of ketones is 1. The molecule has 3 rings (SSSR count). The zero-order valence-electron chi connectivity index (χ0n) is 11.0. The molecule has 0 spiro atoms. The van der Waals surface area contributed by atoms with Gasteiger partial charge in [-0.1, -0.05) is 61.2 Å². The predicted octanol–water partition coefficient (Wildman–Crippen LogP) is 4.15. The van der Waals surface area contributed by atoms with E-state index in [0.717, 1.165) is 16.7 Å². The van der Waals surface area contributed by atoms with Crippen molar-refractivity contribution in [2.75, 3.05) is 0 Å². The van der Waals surface area contributed by atoms with Gasteiger partial charge in [0, 0.05) is 5.56 Å². The van der Waals surface area contributed by atoms with E-state index in [4.69, 9.17) is 0 Å². The smallest absolute Gasteiger partial charge is 0.174 e. The Hall–Kier alpha value is -2.15. The van der Waals surface area contributed by atoms with Crippen molar-refractivity contribution in [1.82, 2.24) is 0 Å². The molecule has 19 heavy (non-hydrogen) atoms. The number of carbonyl (C=O) groups excluding carboxylic acids is 1. The Morgan fingerprint density at radius 1 is 0.947 bits per heavy atom. The predicted molar refractivity (Wildman–Crippen MR) is 78.1 cm³/mol. The molecule has 0 N–H and O–H groups in total. The van der Waals surface area contributed by atoms with Gasteiger partial charge < -0.3 is 0 Å². The molecule has 0 radical (unpaired) electrons. The van der Waals surface area contributed by atoms with E-state index in [1.54, 1.807) is 0 Å². The van der Waals surface area contributed by atoms with Crippen LogP contribution in [0.4, 0.5) is 0 Å². The fraction of sp³-hybridized carbons (Fsp3) is 0.167. The lowest BCUT2D eigenvalue weighted by atomic mass is 9.77. The van der Waals surface area contributed by atoms with Crippen LogP contribution in [-0.2, 0) is 6.42 Å². The summed E-state index contributed by atoms with van der Waals surface area (Å²) in [6.45, 7) is 6.18. The van der Waals surface area contributed by atoms with Gasteiger partial charge in [0.05, 0.1) is 5.41 Å². The number of hydrogen-bond acceptors (Lipinski definition) is 1. The monoisotopic (exact) mass is 248 g/mol. The maximum absolute atomic E-state index is 12.7. The Morgan fingerprint density at radius 3 is 2.16 bits per heavy atom. The molecule has 0 bridgehead atoms. The quantitative estimate of drug-likeness (QED) is 0.780. The van der Waals surface area contributed by atoms with E-state index < -0.39 is 5.41 Å². The maximum Gasteiger partial charge on any atom is 0.174 e. The molecule has 1 nitrogen and oxygen atoms in total. The van der Waals surface area contributed by atoms with Crippen LogP contribution in [0, 0.1) is 5.41 Å². The second-order valence-electron chi connectivity index (χ2n) is 5.35. The average molecular weight is 248 g/mol. The summed E-state index contributed by atoms with van der Waals surface area (Å²) in [7, 11) is 0. The first-order valence-electron chi connectivity index (χ1n) is 6.50. The number of allylic oxidation sites excluding steroid dienone is 1. The van der Waals surface area contributed by atoms with Gasteiger partial charge in [-0.15, -0.1) is 0 Å². The number of rotatable bonds is 2. The topological polar surface area (TPSA) is 17.1 Å². The minimum Gasteiger partial charge on any atom is -0.293 e.